The van der Waals surface area contributed by atoms with Gasteiger partial charge in [-0.2, -0.15) is 0 Å². The Balaban J connectivity index is 1.58. The normalized spacial score (nSPS) is 22.8. The first-order valence-corrected chi connectivity index (χ1v) is 23.5. The molecule has 1 fully saturated rings. The average Bonchev–Trinajstić information content (AvgIpc) is 3.68. The molecule has 2 heterocycles. The Hall–Kier alpha value is -6.13. The molecular weight excluding hydrogens is 891 g/mol. The van der Waals surface area contributed by atoms with Gasteiger partial charge in [0.25, 0.3) is 0 Å². The van der Waals surface area contributed by atoms with Gasteiger partial charge >= 0.3 is 0 Å². The zero-order valence-electron chi connectivity index (χ0n) is 36.8. The Bertz CT molecular complexity index is 2360. The molecule has 3 aromatic carbocycles. The molecule has 0 bridgehead atoms. The number of phenols is 1. The first kappa shape index (κ1) is 50.9. The molecule has 0 radical (unpaired) electrons. The number of hydrogen-bond acceptors (Lipinski definition) is 13. The number of phenolic OH excluding ortho intramolecular Hbond substituents is 1. The van der Waals surface area contributed by atoms with Gasteiger partial charge in [0.05, 0.1) is 18.2 Å². The van der Waals surface area contributed by atoms with Crippen molar-refractivity contribution in [3.8, 4) is 5.75 Å². The fourth-order valence-corrected chi connectivity index (χ4v) is 10.0. The number of carbonyl (C=O) groups is 7. The molecule has 0 saturated carbocycles. The minimum atomic E-state index is -1.71. The number of benzene rings is 3. The fraction of sp³-hybridized carbons (Fsp3) is 0.400. The maximum Gasteiger partial charge on any atom is 0.245 e. The molecule has 5 rings (SSSR count). The van der Waals surface area contributed by atoms with Crippen LogP contribution < -0.4 is 43.4 Å². The third-order valence-electron chi connectivity index (χ3n) is 10.9. The number of rotatable bonds is 13. The quantitative estimate of drug-likeness (QED) is 0.0758. The number of aliphatic hydroxyl groups excluding tert-OH is 2. The smallest absolute Gasteiger partial charge is 0.245 e. The number of aromatic amines is 1. The van der Waals surface area contributed by atoms with E-state index in [9.17, 15) is 48.9 Å². The molecule has 19 nitrogen and oxygen atoms in total. The Morgan fingerprint density at radius 1 is 0.803 bits per heavy atom. The molecule has 1 aliphatic rings. The number of aromatic hydroxyl groups is 1. The molecule has 14 N–H and O–H groups in total. The van der Waals surface area contributed by atoms with Crippen LogP contribution in [0.1, 0.15) is 44.4 Å². The molecule has 66 heavy (non-hydrogen) atoms. The number of H-pyrrole nitrogens is 1. The van der Waals surface area contributed by atoms with Gasteiger partial charge in [-0.1, -0.05) is 82.3 Å². The summed E-state index contributed by atoms with van der Waals surface area (Å²) in [5.74, 6) is -6.51. The predicted octanol–water partition coefficient (Wildman–Crippen LogP) is -0.442. The number of hydrogen-bond donors (Lipinski definition) is 12. The van der Waals surface area contributed by atoms with Crippen molar-refractivity contribution in [3.05, 3.63) is 102 Å². The highest BCUT2D eigenvalue weighted by Crippen LogP contribution is 2.39. The number of nitrogens with one attached hydrogen (secondary N) is 7. The highest BCUT2D eigenvalue weighted by molar-refractivity contribution is 8.77. The number of primary amides is 1. The Morgan fingerprint density at radius 3 is 2.08 bits per heavy atom. The topological polar surface area (TPSA) is 320 Å². The zero-order chi connectivity index (χ0) is 48.3. The van der Waals surface area contributed by atoms with Crippen LogP contribution in [0.2, 0.25) is 0 Å². The summed E-state index contributed by atoms with van der Waals surface area (Å²) < 4.78 is -1.35. The van der Waals surface area contributed by atoms with Gasteiger partial charge in [-0.25, -0.2) is 0 Å². The number of carbonyl (C=O) groups excluding carboxylic acids is 7. The lowest BCUT2D eigenvalue weighted by molar-refractivity contribution is -0.137. The summed E-state index contributed by atoms with van der Waals surface area (Å²) in [7, 11) is 2.03. The summed E-state index contributed by atoms with van der Waals surface area (Å²) in [5, 5.41) is 47.7. The molecule has 21 heteroatoms. The van der Waals surface area contributed by atoms with E-state index < -0.39 is 101 Å². The van der Waals surface area contributed by atoms with E-state index in [1.165, 1.54) is 26.0 Å². The van der Waals surface area contributed by atoms with Crippen LogP contribution in [-0.4, -0.2) is 127 Å². The molecule has 1 aromatic heterocycles. The van der Waals surface area contributed by atoms with Crippen molar-refractivity contribution in [1.82, 2.24) is 36.9 Å². The van der Waals surface area contributed by atoms with Gasteiger partial charge < -0.3 is 63.7 Å². The zero-order valence-corrected chi connectivity index (χ0v) is 38.4. The summed E-state index contributed by atoms with van der Waals surface area (Å²) in [6.07, 6.45) is -1.51. The Kier molecular flexibility index (Phi) is 17.6. The summed E-state index contributed by atoms with van der Waals surface area (Å²) in [6, 6.07) is 12.0. The van der Waals surface area contributed by atoms with Gasteiger partial charge in [-0.3, -0.25) is 33.6 Å². The van der Waals surface area contributed by atoms with E-state index in [1.54, 1.807) is 62.5 Å². The van der Waals surface area contributed by atoms with E-state index in [4.69, 9.17) is 11.5 Å². The standard InChI is InChI=1S/C45H57N9O10S2/c1-23(55)35(38(47)58)52-44(64)37-45(3,4)66-65-22-34(51-39(59)30(46)18-25-10-6-5-7-11-25)42(62)49-32(19-26-14-16-28(57)17-15-26)40(60)50-33(41(61)53-36(24(2)56)43(63)54-37)20-27-21-48-31-13-9-8-12-29(27)31/h5-17,21,23-24,30,32-37,48,55-57H,18-20,22,46H2,1-4H3,(H2,47,58)(H,49,62)(H,50,60)(H,51,59)(H,52,64)(H,53,61)(H,54,63)/t23-,24-,30+,32+,33+,34+,35+,36+,37-/m1/s1. The van der Waals surface area contributed by atoms with Gasteiger partial charge in [0, 0.05) is 40.4 Å². The second-order valence-electron chi connectivity index (χ2n) is 16.7. The third kappa shape index (κ3) is 13.7. The van der Waals surface area contributed by atoms with E-state index in [1.807, 2.05) is 24.3 Å². The molecular formula is C45H57N9O10S2. The van der Waals surface area contributed by atoms with Crippen LogP contribution >= 0.6 is 21.6 Å². The van der Waals surface area contributed by atoms with Crippen LogP contribution in [0.4, 0.5) is 0 Å². The Morgan fingerprint density at radius 2 is 1.42 bits per heavy atom. The van der Waals surface area contributed by atoms with Gasteiger partial charge in [-0.15, -0.1) is 0 Å². The second-order valence-corrected chi connectivity index (χ2v) is 19.7. The third-order valence-corrected chi connectivity index (χ3v) is 14.2. The average molecular weight is 948 g/mol. The van der Waals surface area contributed by atoms with Gasteiger partial charge in [0.15, 0.2) is 0 Å². The number of aliphatic hydroxyl groups is 2. The van der Waals surface area contributed by atoms with Crippen molar-refractivity contribution in [3.63, 3.8) is 0 Å². The molecule has 1 aliphatic heterocycles. The van der Waals surface area contributed by atoms with Crippen molar-refractivity contribution in [2.75, 3.05) is 5.75 Å². The lowest BCUT2D eigenvalue weighted by Gasteiger charge is -2.35. The molecule has 0 spiro atoms. The van der Waals surface area contributed by atoms with Gasteiger partial charge in [-0.05, 0) is 69.0 Å². The summed E-state index contributed by atoms with van der Waals surface area (Å²) >= 11 is 0. The first-order chi connectivity index (χ1) is 31.2. The van der Waals surface area contributed by atoms with Crippen LogP contribution in [0.3, 0.4) is 0 Å². The van der Waals surface area contributed by atoms with Crippen LogP contribution in [0.15, 0.2) is 85.1 Å². The number of amides is 7. The monoisotopic (exact) mass is 947 g/mol. The van der Waals surface area contributed by atoms with Gasteiger partial charge in [0.1, 0.15) is 42.0 Å². The van der Waals surface area contributed by atoms with E-state index in [2.05, 4.69) is 36.9 Å². The lowest BCUT2D eigenvalue weighted by Crippen LogP contribution is -2.65. The maximum absolute atomic E-state index is 14.5. The highest BCUT2D eigenvalue weighted by atomic mass is 33.1. The molecule has 9 atom stereocenters. The number of aromatic nitrogens is 1. The molecule has 354 valence electrons. The van der Waals surface area contributed by atoms with E-state index in [0.29, 0.717) is 11.1 Å². The van der Waals surface area contributed by atoms with Gasteiger partial charge in [0.2, 0.25) is 41.4 Å². The number of fused-ring (bicyclic) bond motifs is 1. The second kappa shape index (κ2) is 22.9. The van der Waals surface area contributed by atoms with Crippen LogP contribution in [0, 0.1) is 0 Å². The van der Waals surface area contributed by atoms with Crippen LogP contribution in [0.25, 0.3) is 10.9 Å². The SMILES string of the molecule is C[C@@H](O)[C@H](NC(=O)[C@H]1NC(=O)[C@H]([C@@H](C)O)NC(=O)[C@H](Cc2c[nH]c3ccccc23)NC(=O)[C@H](Cc2ccc(O)cc2)NC(=O)[C@@H](NC(=O)[C@@H](N)Cc2ccccc2)CSSC1(C)C)C(N)=O. The summed E-state index contributed by atoms with van der Waals surface area (Å²) in [5.41, 5.74) is 14.4. The molecule has 4 aromatic rings. The van der Waals surface area contributed by atoms with Crippen molar-refractivity contribution in [2.24, 2.45) is 11.5 Å². The number of nitrogens with two attached hydrogens (primary N) is 2. The number of para-hydroxylation sites is 1. The highest BCUT2D eigenvalue weighted by Gasteiger charge is 2.42. The van der Waals surface area contributed by atoms with Crippen molar-refractivity contribution < 1.29 is 48.9 Å². The molecule has 7 amide bonds. The molecule has 0 aliphatic carbocycles. The van der Waals surface area contributed by atoms with Crippen LogP contribution in [0.5, 0.6) is 5.75 Å². The van der Waals surface area contributed by atoms with Crippen molar-refractivity contribution in [1.29, 1.82) is 0 Å². The largest absolute Gasteiger partial charge is 0.508 e. The molecule has 1 saturated heterocycles. The van der Waals surface area contributed by atoms with E-state index in [0.717, 1.165) is 38.1 Å². The molecule has 0 unspecified atom stereocenters. The predicted molar refractivity (Wildman–Crippen MR) is 250 cm³/mol. The maximum atomic E-state index is 14.5. The fourth-order valence-electron chi connectivity index (χ4n) is 7.19. The lowest BCUT2D eigenvalue weighted by atomic mass is 9.99. The van der Waals surface area contributed by atoms with Crippen LogP contribution in [-0.2, 0) is 52.8 Å². The summed E-state index contributed by atoms with van der Waals surface area (Å²) in [6.45, 7) is 5.61. The van der Waals surface area contributed by atoms with Crippen molar-refractivity contribution in [2.45, 2.75) is 106 Å². The van der Waals surface area contributed by atoms with E-state index in [-0.39, 0.29) is 30.8 Å². The van der Waals surface area contributed by atoms with Crippen molar-refractivity contribution >= 4 is 73.8 Å². The first-order valence-electron chi connectivity index (χ1n) is 21.1. The van der Waals surface area contributed by atoms with E-state index >= 15 is 0 Å². The Labute approximate surface area is 389 Å². The minimum Gasteiger partial charge on any atom is -0.508 e. The minimum absolute atomic E-state index is 0.0456. The summed E-state index contributed by atoms with van der Waals surface area (Å²) in [4.78, 5) is 101.